The van der Waals surface area contributed by atoms with Crippen molar-refractivity contribution in [1.29, 1.82) is 0 Å². The average Bonchev–Trinajstić information content (AvgIpc) is 2.58. The van der Waals surface area contributed by atoms with Gasteiger partial charge in [0.15, 0.2) is 4.32 Å². The van der Waals surface area contributed by atoms with E-state index in [0.717, 1.165) is 17.0 Å². The molecule has 114 valence electrons. The summed E-state index contributed by atoms with van der Waals surface area (Å²) in [6.45, 7) is 0. The van der Waals surface area contributed by atoms with Crippen molar-refractivity contribution in [1.82, 2.24) is 10.4 Å². The second kappa shape index (κ2) is 10.8. The van der Waals surface area contributed by atoms with Crippen molar-refractivity contribution in [3.05, 3.63) is 66.0 Å². The Hall–Kier alpha value is -0.911. The number of rotatable bonds is 3. The van der Waals surface area contributed by atoms with E-state index in [1.54, 1.807) is 6.20 Å². The van der Waals surface area contributed by atoms with Crippen LogP contribution in [0.5, 0.6) is 0 Å². The molecule has 0 aliphatic rings. The Labute approximate surface area is 146 Å². The number of aromatic nitrogens is 1. The summed E-state index contributed by atoms with van der Waals surface area (Å²) in [5, 5.41) is 4.38. The van der Waals surface area contributed by atoms with Crippen molar-refractivity contribution in [2.75, 3.05) is 6.26 Å². The molecule has 0 fully saturated rings. The summed E-state index contributed by atoms with van der Waals surface area (Å²) in [5.41, 5.74) is 5.46. The number of hydrazone groups is 1. The molecule has 2 aromatic rings. The molecule has 2 rings (SSSR count). The molecule has 0 radical (unpaired) electrons. The summed E-state index contributed by atoms with van der Waals surface area (Å²) in [6.07, 6.45) is 3.66. The topological polar surface area (TPSA) is 37.3 Å². The number of pyridine rings is 1. The molecule has 1 N–H and O–H groups in total. The number of thiocarbonyl (C=S) groups is 1. The maximum absolute atomic E-state index is 5.10. The standard InChI is InChI=1S/C14H13N3S2.ClH.Cu/c1-19-14(18)17-16-13(11-7-3-2-4-8-11)12-9-5-6-10-15-12;;/h2-10H,1H3,(H,17,18);1H;/q;;+1/p-1. The van der Waals surface area contributed by atoms with Gasteiger partial charge in [-0.25, -0.2) is 0 Å². The molecule has 0 amide bonds. The van der Waals surface area contributed by atoms with E-state index in [9.17, 15) is 0 Å². The predicted molar refractivity (Wildman–Crippen MR) is 91.4 cm³/mol. The van der Waals surface area contributed by atoms with E-state index in [4.69, 9.17) is 12.2 Å². The fourth-order valence-electron chi connectivity index (χ4n) is 1.52. The normalized spacial score (nSPS) is 10.4. The molecule has 7 heteroatoms. The van der Waals surface area contributed by atoms with Gasteiger partial charge >= 0.3 is 25.2 Å². The van der Waals surface area contributed by atoms with Crippen LogP contribution in [0.4, 0.5) is 0 Å². The van der Waals surface area contributed by atoms with Crippen LogP contribution < -0.4 is 5.43 Å². The molecule has 0 bridgehead atoms. The molecule has 21 heavy (non-hydrogen) atoms. The molecule has 0 saturated carbocycles. The van der Waals surface area contributed by atoms with Crippen molar-refractivity contribution < 1.29 is 15.1 Å². The number of benzene rings is 1. The molecule has 1 aromatic heterocycles. The minimum atomic E-state index is 0.629. The first kappa shape index (κ1) is 18.1. The van der Waals surface area contributed by atoms with Crippen LogP contribution in [0.2, 0.25) is 0 Å². The first-order valence-corrected chi connectivity index (χ1v) is 8.74. The van der Waals surface area contributed by atoms with Crippen LogP contribution in [0, 0.1) is 0 Å². The molecular weight excluding hydrogens is 373 g/mol. The number of halogens is 1. The Kier molecular flexibility index (Phi) is 9.30. The van der Waals surface area contributed by atoms with Crippen LogP contribution in [-0.2, 0) is 15.1 Å². The third kappa shape index (κ3) is 6.16. The zero-order valence-electron chi connectivity index (χ0n) is 11.1. The van der Waals surface area contributed by atoms with E-state index in [2.05, 4.69) is 40.7 Å². The van der Waals surface area contributed by atoms with E-state index < -0.39 is 0 Å². The van der Waals surface area contributed by atoms with Gasteiger partial charge in [-0.1, -0.05) is 60.4 Å². The Morgan fingerprint density at radius 3 is 2.43 bits per heavy atom. The number of nitrogens with zero attached hydrogens (tertiary/aromatic N) is 2. The molecule has 1 heterocycles. The zero-order chi connectivity index (χ0) is 15.5. The van der Waals surface area contributed by atoms with E-state index in [-0.39, 0.29) is 0 Å². The van der Waals surface area contributed by atoms with Crippen LogP contribution in [0.25, 0.3) is 0 Å². The second-order valence-electron chi connectivity index (χ2n) is 3.64. The minimum absolute atomic E-state index is 0.629. The monoisotopic (exact) mass is 385 g/mol. The van der Waals surface area contributed by atoms with Gasteiger partial charge in [0.05, 0.1) is 5.69 Å². The van der Waals surface area contributed by atoms with Crippen LogP contribution in [0.3, 0.4) is 0 Å². The molecule has 1 aromatic carbocycles. The Morgan fingerprint density at radius 1 is 1.19 bits per heavy atom. The van der Waals surface area contributed by atoms with Crippen molar-refractivity contribution in [3.63, 3.8) is 0 Å². The molecule has 0 unspecified atom stereocenters. The fraction of sp³-hybridized carbons (Fsp3) is 0.0714. The third-order valence-electron chi connectivity index (χ3n) is 2.40. The van der Waals surface area contributed by atoms with Crippen molar-refractivity contribution in [3.8, 4) is 0 Å². The Bertz CT molecular complexity index is 538. The summed E-state index contributed by atoms with van der Waals surface area (Å²) >= 11 is 10.2. The van der Waals surface area contributed by atoms with E-state index in [1.165, 1.54) is 11.8 Å². The third-order valence-corrected chi connectivity index (χ3v) is 3.45. The van der Waals surface area contributed by atoms with Gasteiger partial charge in [-0.15, -0.1) is 0 Å². The summed E-state index contributed by atoms with van der Waals surface area (Å²) < 4.78 is 0.629. The Morgan fingerprint density at radius 2 is 1.86 bits per heavy atom. The van der Waals surface area contributed by atoms with Crippen LogP contribution in [-0.4, -0.2) is 21.3 Å². The van der Waals surface area contributed by atoms with Gasteiger partial charge in [-0.05, 0) is 18.4 Å². The molecule has 0 aliphatic carbocycles. The van der Waals surface area contributed by atoms with Gasteiger partial charge in [0.25, 0.3) is 0 Å². The van der Waals surface area contributed by atoms with Crippen molar-refractivity contribution in [2.24, 2.45) is 5.10 Å². The molecule has 0 spiro atoms. The maximum atomic E-state index is 5.10. The second-order valence-corrected chi connectivity index (χ2v) is 5.13. The van der Waals surface area contributed by atoms with Crippen LogP contribution >= 0.6 is 34.1 Å². The fourth-order valence-corrected chi connectivity index (χ4v) is 1.70. The zero-order valence-corrected chi connectivity index (χ0v) is 14.4. The number of nitrogens with one attached hydrogen (secondary N) is 1. The summed E-state index contributed by atoms with van der Waals surface area (Å²) in [6, 6.07) is 15.7. The van der Waals surface area contributed by atoms with E-state index in [1.807, 2.05) is 54.8 Å². The number of hydrogen-bond donors (Lipinski definition) is 1. The van der Waals surface area contributed by atoms with Gasteiger partial charge in [0.2, 0.25) is 0 Å². The first-order chi connectivity index (χ1) is 10.3. The SMILES string of the molecule is CSC(=S)NN=C(c1ccccc1)c1ccccn1.[Cl][Cu]. The molecule has 0 aliphatic heterocycles. The molecule has 3 nitrogen and oxygen atoms in total. The van der Waals surface area contributed by atoms with Gasteiger partial charge in [-0.2, -0.15) is 5.10 Å². The van der Waals surface area contributed by atoms with Gasteiger partial charge in [0.1, 0.15) is 5.71 Å². The van der Waals surface area contributed by atoms with Crippen molar-refractivity contribution >= 4 is 44.1 Å². The van der Waals surface area contributed by atoms with E-state index in [0.29, 0.717) is 4.32 Å². The molecular formula is C14H13ClCuN3S2. The van der Waals surface area contributed by atoms with E-state index >= 15 is 0 Å². The number of hydrogen-bond acceptors (Lipinski definition) is 4. The Balaban J connectivity index is 0.00000106. The first-order valence-electron chi connectivity index (χ1n) is 5.81. The van der Waals surface area contributed by atoms with Gasteiger partial charge < -0.3 is 0 Å². The van der Waals surface area contributed by atoms with Gasteiger partial charge in [-0.3, -0.25) is 10.4 Å². The summed E-state index contributed by atoms with van der Waals surface area (Å²) in [7, 11) is 4.20. The summed E-state index contributed by atoms with van der Waals surface area (Å²) in [5.74, 6) is 0. The predicted octanol–water partition coefficient (Wildman–Crippen LogP) is 3.76. The average molecular weight is 386 g/mol. The van der Waals surface area contributed by atoms with Crippen molar-refractivity contribution in [2.45, 2.75) is 0 Å². The quantitative estimate of drug-likeness (QED) is 0.377. The van der Waals surface area contributed by atoms with Crippen LogP contribution in [0.15, 0.2) is 59.8 Å². The van der Waals surface area contributed by atoms with Gasteiger partial charge in [0, 0.05) is 11.8 Å². The van der Waals surface area contributed by atoms with Crippen LogP contribution in [0.1, 0.15) is 11.3 Å². The summed E-state index contributed by atoms with van der Waals surface area (Å²) in [4.78, 5) is 4.34. The number of thioether (sulfide) groups is 1. The molecule has 0 saturated heterocycles. The molecule has 0 atom stereocenters.